The van der Waals surface area contributed by atoms with Crippen LogP contribution in [0.25, 0.3) is 0 Å². The van der Waals surface area contributed by atoms with Crippen molar-refractivity contribution in [2.75, 3.05) is 6.61 Å². The van der Waals surface area contributed by atoms with Crippen LogP contribution in [0.3, 0.4) is 0 Å². The van der Waals surface area contributed by atoms with Gasteiger partial charge in [-0.15, -0.1) is 0 Å². The zero-order chi connectivity index (χ0) is 12.8. The van der Waals surface area contributed by atoms with Gasteiger partial charge in [0.15, 0.2) is 6.61 Å². The number of carboxylic acids is 1. The van der Waals surface area contributed by atoms with E-state index in [1.54, 1.807) is 6.07 Å². The van der Waals surface area contributed by atoms with Crippen LogP contribution in [-0.4, -0.2) is 17.7 Å². The largest absolute Gasteiger partial charge is 0.482 e. The van der Waals surface area contributed by atoms with Crippen molar-refractivity contribution in [2.24, 2.45) is 0 Å². The number of aliphatic carboxylic acids is 1. The zero-order valence-electron chi connectivity index (χ0n) is 9.74. The lowest BCUT2D eigenvalue weighted by atomic mass is 10.1. The van der Waals surface area contributed by atoms with Gasteiger partial charge in [-0.1, -0.05) is 42.5 Å². The molecule has 0 heterocycles. The molecule has 0 saturated heterocycles. The quantitative estimate of drug-likeness (QED) is 0.875. The Balaban J connectivity index is 2.05. The molecule has 3 nitrogen and oxygen atoms in total. The summed E-state index contributed by atoms with van der Waals surface area (Å²) in [6.07, 6.45) is 2.01. The Morgan fingerprint density at radius 2 is 1.78 bits per heavy atom. The average molecular weight is 241 g/mol. The molecule has 0 aromatic heterocycles. The smallest absolute Gasteiger partial charge is 0.341 e. The topological polar surface area (TPSA) is 46.5 Å². The Bertz CT molecular complexity index is 520. The van der Waals surface area contributed by atoms with Gasteiger partial charge in [0.05, 0.1) is 0 Å². The summed E-state index contributed by atoms with van der Waals surface area (Å²) in [5.41, 5.74) is 2.07. The van der Waals surface area contributed by atoms with E-state index in [-0.39, 0.29) is 6.61 Å². The molecular weight excluding hydrogens is 228 g/mol. The van der Waals surface area contributed by atoms with E-state index in [0.29, 0.717) is 5.75 Å². The Labute approximate surface area is 106 Å². The third kappa shape index (κ3) is 3.63. The molecule has 0 saturated carbocycles. The van der Waals surface area contributed by atoms with Crippen molar-refractivity contribution in [3.8, 4) is 5.75 Å². The lowest BCUT2D eigenvalue weighted by molar-refractivity contribution is -0.139. The molecule has 2 aromatic rings. The first kappa shape index (κ1) is 12.2. The van der Waals surface area contributed by atoms with Crippen molar-refractivity contribution in [3.63, 3.8) is 0 Å². The molecule has 2 aromatic carbocycles. The van der Waals surface area contributed by atoms with E-state index in [1.807, 2.05) is 55.0 Å². The molecule has 2 rings (SSSR count). The second-order valence-electron chi connectivity index (χ2n) is 3.81. The number of rotatable bonds is 5. The molecule has 0 aliphatic carbocycles. The number of carbonyl (C=O) groups is 1. The first-order chi connectivity index (χ1) is 8.74. The zero-order valence-corrected chi connectivity index (χ0v) is 9.74. The van der Waals surface area contributed by atoms with Crippen molar-refractivity contribution >= 4 is 5.97 Å². The van der Waals surface area contributed by atoms with Crippen LogP contribution in [0.2, 0.25) is 0 Å². The highest BCUT2D eigenvalue weighted by Gasteiger charge is 2.01. The van der Waals surface area contributed by atoms with Crippen LogP contribution in [0.5, 0.6) is 5.75 Å². The molecule has 0 aliphatic heterocycles. The van der Waals surface area contributed by atoms with Gasteiger partial charge in [-0.05, 0) is 23.3 Å². The Morgan fingerprint density at radius 3 is 2.50 bits per heavy atom. The highest BCUT2D eigenvalue weighted by atomic mass is 16.5. The molecule has 0 amide bonds. The van der Waals surface area contributed by atoms with E-state index in [4.69, 9.17) is 9.84 Å². The van der Waals surface area contributed by atoms with Gasteiger partial charge in [-0.3, -0.25) is 0 Å². The summed E-state index contributed by atoms with van der Waals surface area (Å²) >= 11 is 0. The van der Waals surface area contributed by atoms with E-state index >= 15 is 0 Å². The predicted octanol–water partition coefficient (Wildman–Crippen LogP) is 2.75. The number of hydrogen-bond acceptors (Lipinski definition) is 2. The molecule has 0 aliphatic rings. The highest BCUT2D eigenvalue weighted by Crippen LogP contribution is 2.17. The van der Waals surface area contributed by atoms with Crippen LogP contribution < -0.4 is 4.74 Å². The maximum atomic E-state index is 10.4. The average Bonchev–Trinajstić information content (AvgIpc) is 2.38. The van der Waals surface area contributed by atoms with Crippen LogP contribution in [0.4, 0.5) is 0 Å². The summed E-state index contributed by atoms with van der Waals surface area (Å²) in [4.78, 5) is 10.4. The second kappa shape index (κ2) is 5.87. The number of hydrogen-bond donors (Lipinski definition) is 1. The Morgan fingerprint density at radius 1 is 1.06 bits per heavy atom. The predicted molar refractivity (Wildman–Crippen MR) is 68.5 cm³/mol. The highest BCUT2D eigenvalue weighted by molar-refractivity contribution is 5.68. The van der Waals surface area contributed by atoms with Gasteiger partial charge in [-0.25, -0.2) is 4.79 Å². The third-order valence-corrected chi connectivity index (χ3v) is 2.35. The molecule has 3 heteroatoms. The van der Waals surface area contributed by atoms with E-state index in [9.17, 15) is 4.79 Å². The summed E-state index contributed by atoms with van der Waals surface area (Å²) in [6, 6.07) is 17.3. The van der Waals surface area contributed by atoms with Gasteiger partial charge in [0, 0.05) is 6.42 Å². The first-order valence-corrected chi connectivity index (χ1v) is 5.58. The van der Waals surface area contributed by atoms with Crippen LogP contribution in [-0.2, 0) is 4.79 Å². The summed E-state index contributed by atoms with van der Waals surface area (Å²) in [6.45, 7) is -0.325. The normalized spacial score (nSPS) is 10.0. The summed E-state index contributed by atoms with van der Waals surface area (Å²) in [5.74, 6) is -0.422. The minimum absolute atomic E-state index is 0.325. The maximum Gasteiger partial charge on any atom is 0.341 e. The Hall–Kier alpha value is -2.29. The molecule has 0 fully saturated rings. The van der Waals surface area contributed by atoms with Gasteiger partial charge in [0.2, 0.25) is 0 Å². The summed E-state index contributed by atoms with van der Waals surface area (Å²) in [5, 5.41) is 8.55. The van der Waals surface area contributed by atoms with Crippen molar-refractivity contribution in [3.05, 3.63) is 72.1 Å². The van der Waals surface area contributed by atoms with Crippen molar-refractivity contribution in [1.82, 2.24) is 0 Å². The fourth-order valence-electron chi connectivity index (χ4n) is 1.58. The first-order valence-electron chi connectivity index (χ1n) is 5.58. The third-order valence-electron chi connectivity index (χ3n) is 2.35. The fraction of sp³-hybridized carbons (Fsp3) is 0.0667. The molecule has 0 atom stereocenters. The monoisotopic (exact) mass is 241 g/mol. The van der Waals surface area contributed by atoms with Gasteiger partial charge >= 0.3 is 5.97 Å². The number of carboxylic acid groups (broad SMARTS) is 1. The van der Waals surface area contributed by atoms with Gasteiger partial charge in [-0.2, -0.15) is 0 Å². The summed E-state index contributed by atoms with van der Waals surface area (Å²) in [7, 11) is 0. The molecule has 1 N–H and O–H groups in total. The molecule has 1 radical (unpaired) electrons. The van der Waals surface area contributed by atoms with Crippen LogP contribution in [0, 0.1) is 6.42 Å². The number of ether oxygens (including phenoxy) is 1. The van der Waals surface area contributed by atoms with Crippen LogP contribution in [0.15, 0.2) is 54.6 Å². The lowest BCUT2D eigenvalue weighted by Crippen LogP contribution is -2.09. The van der Waals surface area contributed by atoms with E-state index in [0.717, 1.165) is 11.1 Å². The van der Waals surface area contributed by atoms with Crippen molar-refractivity contribution in [1.29, 1.82) is 0 Å². The molecular formula is C15H13O3. The minimum atomic E-state index is -0.979. The molecule has 18 heavy (non-hydrogen) atoms. The fourth-order valence-corrected chi connectivity index (χ4v) is 1.58. The van der Waals surface area contributed by atoms with E-state index in [2.05, 4.69) is 0 Å². The lowest BCUT2D eigenvalue weighted by Gasteiger charge is -2.06. The summed E-state index contributed by atoms with van der Waals surface area (Å²) < 4.78 is 5.13. The maximum absolute atomic E-state index is 10.4. The molecule has 0 spiro atoms. The molecule has 0 bridgehead atoms. The SMILES string of the molecule is O=C(O)COc1cccc([CH]c2ccccc2)c1. The van der Waals surface area contributed by atoms with Crippen molar-refractivity contribution < 1.29 is 14.6 Å². The van der Waals surface area contributed by atoms with Crippen LogP contribution in [0.1, 0.15) is 11.1 Å². The standard InChI is InChI=1S/C15H13O3/c16-15(17)11-18-14-8-4-7-13(10-14)9-12-5-2-1-3-6-12/h1-10H,11H2,(H,16,17). The van der Waals surface area contributed by atoms with Crippen molar-refractivity contribution in [2.45, 2.75) is 0 Å². The van der Waals surface area contributed by atoms with Crippen LogP contribution >= 0.6 is 0 Å². The number of benzene rings is 2. The van der Waals surface area contributed by atoms with Gasteiger partial charge in [0.1, 0.15) is 5.75 Å². The second-order valence-corrected chi connectivity index (χ2v) is 3.81. The van der Waals surface area contributed by atoms with E-state index in [1.165, 1.54) is 0 Å². The van der Waals surface area contributed by atoms with Gasteiger partial charge < -0.3 is 9.84 Å². The Kier molecular flexibility index (Phi) is 3.97. The minimum Gasteiger partial charge on any atom is -0.482 e. The molecule has 91 valence electrons. The van der Waals surface area contributed by atoms with E-state index < -0.39 is 5.97 Å². The molecule has 0 unspecified atom stereocenters. The van der Waals surface area contributed by atoms with Gasteiger partial charge in [0.25, 0.3) is 0 Å².